The van der Waals surface area contributed by atoms with E-state index >= 15 is 0 Å². The first-order valence-electron chi connectivity index (χ1n) is 7.28. The SMILES string of the molecule is CCOC(=O)C1(Nc2cc(Cl)nc(-c3ccc(Cl)cc3)n2)CC1. The Morgan fingerprint density at radius 2 is 1.96 bits per heavy atom. The van der Waals surface area contributed by atoms with Crippen LogP contribution in [0, 0.1) is 0 Å². The summed E-state index contributed by atoms with van der Waals surface area (Å²) in [6, 6.07) is 8.75. The maximum absolute atomic E-state index is 12.0. The molecule has 3 rings (SSSR count). The Balaban J connectivity index is 1.86. The first-order valence-corrected chi connectivity index (χ1v) is 8.04. The molecule has 0 bridgehead atoms. The van der Waals surface area contributed by atoms with Crippen molar-refractivity contribution in [3.05, 3.63) is 40.5 Å². The van der Waals surface area contributed by atoms with Gasteiger partial charge < -0.3 is 10.1 Å². The van der Waals surface area contributed by atoms with E-state index in [-0.39, 0.29) is 5.97 Å². The number of anilines is 1. The molecule has 0 atom stereocenters. The minimum absolute atomic E-state index is 0.261. The summed E-state index contributed by atoms with van der Waals surface area (Å²) in [5.74, 6) is 0.708. The van der Waals surface area contributed by atoms with Gasteiger partial charge in [-0.2, -0.15) is 0 Å². The number of aromatic nitrogens is 2. The van der Waals surface area contributed by atoms with Gasteiger partial charge in [0.05, 0.1) is 6.61 Å². The second-order valence-corrected chi connectivity index (χ2v) is 6.16. The normalized spacial score (nSPS) is 15.1. The molecule has 1 aliphatic rings. The Labute approximate surface area is 144 Å². The second kappa shape index (κ2) is 6.34. The number of carbonyl (C=O) groups is 1. The van der Waals surface area contributed by atoms with Gasteiger partial charge in [-0.15, -0.1) is 0 Å². The van der Waals surface area contributed by atoms with Crippen LogP contribution in [0.25, 0.3) is 11.4 Å². The molecule has 0 aliphatic heterocycles. The van der Waals surface area contributed by atoms with E-state index in [1.807, 2.05) is 12.1 Å². The fraction of sp³-hybridized carbons (Fsp3) is 0.312. The molecule has 0 spiro atoms. The van der Waals surface area contributed by atoms with Gasteiger partial charge in [-0.05, 0) is 44.0 Å². The van der Waals surface area contributed by atoms with E-state index in [1.54, 1.807) is 25.1 Å². The number of rotatable bonds is 5. The van der Waals surface area contributed by atoms with Gasteiger partial charge in [0.15, 0.2) is 5.82 Å². The van der Waals surface area contributed by atoms with Crippen LogP contribution in [0.5, 0.6) is 0 Å². The summed E-state index contributed by atoms with van der Waals surface area (Å²) < 4.78 is 5.11. The molecule has 1 N–H and O–H groups in total. The molecule has 0 amide bonds. The van der Waals surface area contributed by atoms with Crippen LogP contribution in [0.2, 0.25) is 10.2 Å². The topological polar surface area (TPSA) is 64.1 Å². The standard InChI is InChI=1S/C16H15Cl2N3O2/c1-2-23-15(22)16(7-8-16)21-13-9-12(18)19-14(20-13)10-3-5-11(17)6-4-10/h3-6,9H,2,7-8H2,1H3,(H,19,20,21). The van der Waals surface area contributed by atoms with Crippen LogP contribution in [-0.2, 0) is 9.53 Å². The number of nitrogens with one attached hydrogen (secondary N) is 1. The highest BCUT2D eigenvalue weighted by Crippen LogP contribution is 2.40. The van der Waals surface area contributed by atoms with E-state index in [9.17, 15) is 4.79 Å². The predicted molar refractivity (Wildman–Crippen MR) is 89.7 cm³/mol. The van der Waals surface area contributed by atoms with Gasteiger partial charge in [-0.25, -0.2) is 14.8 Å². The number of esters is 1. The molecular formula is C16H15Cl2N3O2. The van der Waals surface area contributed by atoms with Crippen molar-refractivity contribution in [1.82, 2.24) is 9.97 Å². The van der Waals surface area contributed by atoms with Crippen molar-refractivity contribution in [1.29, 1.82) is 0 Å². The fourth-order valence-corrected chi connectivity index (χ4v) is 2.54. The van der Waals surface area contributed by atoms with Gasteiger partial charge in [-0.1, -0.05) is 23.2 Å². The highest BCUT2D eigenvalue weighted by Gasteiger charge is 2.52. The monoisotopic (exact) mass is 351 g/mol. The third-order valence-corrected chi connectivity index (χ3v) is 4.03. The molecule has 1 fully saturated rings. The zero-order valence-electron chi connectivity index (χ0n) is 12.5. The van der Waals surface area contributed by atoms with Gasteiger partial charge >= 0.3 is 5.97 Å². The average Bonchev–Trinajstić information content (AvgIpc) is 3.28. The Bertz CT molecular complexity index is 731. The summed E-state index contributed by atoms with van der Waals surface area (Å²) in [6.07, 6.45) is 1.42. The van der Waals surface area contributed by atoms with Crippen molar-refractivity contribution in [3.63, 3.8) is 0 Å². The largest absolute Gasteiger partial charge is 0.464 e. The molecule has 1 aromatic carbocycles. The van der Waals surface area contributed by atoms with Crippen molar-refractivity contribution in [2.45, 2.75) is 25.3 Å². The summed E-state index contributed by atoms with van der Waals surface area (Å²) in [6.45, 7) is 2.14. The van der Waals surface area contributed by atoms with Gasteiger partial charge in [0.1, 0.15) is 16.5 Å². The molecule has 120 valence electrons. The smallest absolute Gasteiger partial charge is 0.331 e. The Morgan fingerprint density at radius 3 is 2.57 bits per heavy atom. The van der Waals surface area contributed by atoms with Crippen LogP contribution in [0.3, 0.4) is 0 Å². The molecule has 0 unspecified atom stereocenters. The molecule has 0 radical (unpaired) electrons. The Kier molecular flexibility index (Phi) is 4.41. The summed E-state index contributed by atoms with van der Waals surface area (Å²) in [5, 5.41) is 4.07. The highest BCUT2D eigenvalue weighted by molar-refractivity contribution is 6.30. The van der Waals surface area contributed by atoms with Crippen LogP contribution in [0.4, 0.5) is 5.82 Å². The Hall–Kier alpha value is -1.85. The zero-order chi connectivity index (χ0) is 16.4. The predicted octanol–water partition coefficient (Wildman–Crippen LogP) is 3.96. The number of benzene rings is 1. The van der Waals surface area contributed by atoms with Crippen LogP contribution >= 0.6 is 23.2 Å². The second-order valence-electron chi connectivity index (χ2n) is 5.33. The average molecular weight is 352 g/mol. The maximum atomic E-state index is 12.0. The van der Waals surface area contributed by atoms with Crippen molar-refractivity contribution in [2.24, 2.45) is 0 Å². The lowest BCUT2D eigenvalue weighted by Crippen LogP contribution is -2.34. The quantitative estimate of drug-likeness (QED) is 0.652. The Morgan fingerprint density at radius 1 is 1.26 bits per heavy atom. The molecule has 1 heterocycles. The first kappa shape index (κ1) is 16.0. The van der Waals surface area contributed by atoms with Crippen molar-refractivity contribution < 1.29 is 9.53 Å². The molecule has 1 aromatic heterocycles. The lowest BCUT2D eigenvalue weighted by molar-refractivity contribution is -0.145. The van der Waals surface area contributed by atoms with E-state index in [4.69, 9.17) is 27.9 Å². The van der Waals surface area contributed by atoms with Crippen LogP contribution in [0.1, 0.15) is 19.8 Å². The minimum Gasteiger partial charge on any atom is -0.464 e. The molecule has 1 saturated carbocycles. The van der Waals surface area contributed by atoms with Crippen LogP contribution < -0.4 is 5.32 Å². The first-order chi connectivity index (χ1) is 11.0. The number of hydrogen-bond donors (Lipinski definition) is 1. The van der Waals surface area contributed by atoms with Crippen molar-refractivity contribution >= 4 is 35.0 Å². The molecule has 2 aromatic rings. The lowest BCUT2D eigenvalue weighted by atomic mass is 10.2. The van der Waals surface area contributed by atoms with Crippen molar-refractivity contribution in [2.75, 3.05) is 11.9 Å². The molecule has 7 heteroatoms. The highest BCUT2D eigenvalue weighted by atomic mass is 35.5. The van der Waals surface area contributed by atoms with Gasteiger partial charge in [0.25, 0.3) is 0 Å². The molecule has 0 saturated heterocycles. The van der Waals surface area contributed by atoms with E-state index in [2.05, 4.69) is 15.3 Å². The number of nitrogens with zero attached hydrogens (tertiary/aromatic N) is 2. The third-order valence-electron chi connectivity index (χ3n) is 3.58. The van der Waals surface area contributed by atoms with E-state index < -0.39 is 5.54 Å². The van der Waals surface area contributed by atoms with Gasteiger partial charge in [0.2, 0.25) is 0 Å². The van der Waals surface area contributed by atoms with Crippen LogP contribution in [0.15, 0.2) is 30.3 Å². The third kappa shape index (κ3) is 3.57. The number of hydrogen-bond acceptors (Lipinski definition) is 5. The summed E-state index contributed by atoms with van der Waals surface area (Å²) >= 11 is 12.0. The summed E-state index contributed by atoms with van der Waals surface area (Å²) in [5.41, 5.74) is 0.103. The number of halogens is 2. The number of carbonyl (C=O) groups excluding carboxylic acids is 1. The lowest BCUT2D eigenvalue weighted by Gasteiger charge is -2.17. The van der Waals surface area contributed by atoms with E-state index in [0.717, 1.165) is 5.56 Å². The number of ether oxygens (including phenoxy) is 1. The summed E-state index contributed by atoms with van der Waals surface area (Å²) in [4.78, 5) is 20.7. The maximum Gasteiger partial charge on any atom is 0.331 e. The zero-order valence-corrected chi connectivity index (χ0v) is 14.0. The molecule has 23 heavy (non-hydrogen) atoms. The molecule has 5 nitrogen and oxygen atoms in total. The fourth-order valence-electron chi connectivity index (χ4n) is 2.23. The minimum atomic E-state index is -0.690. The molecular weight excluding hydrogens is 337 g/mol. The summed E-state index contributed by atoms with van der Waals surface area (Å²) in [7, 11) is 0. The van der Waals surface area contributed by atoms with E-state index in [1.165, 1.54) is 0 Å². The van der Waals surface area contributed by atoms with Crippen LogP contribution in [-0.4, -0.2) is 28.1 Å². The van der Waals surface area contributed by atoms with E-state index in [0.29, 0.717) is 41.3 Å². The molecule has 1 aliphatic carbocycles. The van der Waals surface area contributed by atoms with Gasteiger partial charge in [0, 0.05) is 16.7 Å². The van der Waals surface area contributed by atoms with Crippen molar-refractivity contribution in [3.8, 4) is 11.4 Å². The van der Waals surface area contributed by atoms with Gasteiger partial charge in [-0.3, -0.25) is 0 Å².